The molecule has 3 amide bonds. The van der Waals surface area contributed by atoms with Crippen molar-refractivity contribution in [3.8, 4) is 11.4 Å². The molecule has 0 spiro atoms. The predicted molar refractivity (Wildman–Crippen MR) is 165 cm³/mol. The van der Waals surface area contributed by atoms with Crippen LogP contribution in [0.3, 0.4) is 0 Å². The van der Waals surface area contributed by atoms with Gasteiger partial charge in [-0.25, -0.2) is 19.0 Å². The van der Waals surface area contributed by atoms with Crippen molar-refractivity contribution in [2.75, 3.05) is 20.4 Å². The second-order valence-corrected chi connectivity index (χ2v) is 12.6. The smallest absolute Gasteiger partial charge is 0.407 e. The number of benzene rings is 1. The highest BCUT2D eigenvalue weighted by Gasteiger charge is 2.52. The Morgan fingerprint density at radius 2 is 1.94 bits per heavy atom. The summed E-state index contributed by atoms with van der Waals surface area (Å²) in [6.07, 6.45) is 1.01. The van der Waals surface area contributed by atoms with Crippen molar-refractivity contribution < 1.29 is 42.9 Å². The van der Waals surface area contributed by atoms with Gasteiger partial charge in [0.25, 0.3) is 11.5 Å². The molecule has 4 N–H and O–H groups in total. The van der Waals surface area contributed by atoms with E-state index in [9.17, 15) is 29.1 Å². The van der Waals surface area contributed by atoms with Crippen molar-refractivity contribution >= 4 is 34.8 Å². The van der Waals surface area contributed by atoms with E-state index in [-0.39, 0.29) is 49.9 Å². The molecule has 7 rings (SSSR count). The normalized spacial score (nSPS) is 21.0. The van der Waals surface area contributed by atoms with Gasteiger partial charge >= 0.3 is 12.1 Å². The van der Waals surface area contributed by atoms with Crippen LogP contribution in [0.15, 0.2) is 16.9 Å². The highest BCUT2D eigenvalue weighted by Crippen LogP contribution is 2.47. The van der Waals surface area contributed by atoms with Crippen molar-refractivity contribution in [1.29, 1.82) is 0 Å². The van der Waals surface area contributed by atoms with Gasteiger partial charge in [0.2, 0.25) is 5.91 Å². The number of methoxy groups -OCH3 is 1. The molecule has 0 bridgehead atoms. The number of carbonyl (C=O) groups is 4. The molecule has 0 radical (unpaired) electrons. The Hall–Kier alpha value is -4.89. The maximum absolute atomic E-state index is 15.2. The van der Waals surface area contributed by atoms with Gasteiger partial charge in [-0.3, -0.25) is 14.4 Å². The maximum atomic E-state index is 15.2. The molecule has 14 nitrogen and oxygen atoms in total. The molecule has 48 heavy (non-hydrogen) atoms. The van der Waals surface area contributed by atoms with Crippen LogP contribution in [0.5, 0.6) is 0 Å². The standard InChI is InChI=1S/C33H34FN5O9/c1-4-33(45)19-9-23-27-17(12-39(23)28(41)18(19)13-47-30(33)43)26-21(6-5-16-15(2)20(34)10-22(37-27)25(16)26)38-29(42)32(7-8-32)48-14-36-24(40)11-35-31(44)46-3/h9-10,21,45H,4-8,11-14H2,1-3H3,(H,35,44)(H,36,40)(H,38,42)/t21-,33-/m0/s1. The van der Waals surface area contributed by atoms with Crippen molar-refractivity contribution in [2.45, 2.75) is 76.3 Å². The van der Waals surface area contributed by atoms with E-state index >= 15 is 4.39 Å². The summed E-state index contributed by atoms with van der Waals surface area (Å²) in [7, 11) is 1.18. The zero-order valence-corrected chi connectivity index (χ0v) is 26.6. The lowest BCUT2D eigenvalue weighted by Crippen LogP contribution is -2.44. The lowest BCUT2D eigenvalue weighted by atomic mass is 9.81. The number of halogens is 1. The van der Waals surface area contributed by atoms with Crippen LogP contribution < -0.4 is 21.5 Å². The van der Waals surface area contributed by atoms with Crippen LogP contribution in [0.4, 0.5) is 9.18 Å². The summed E-state index contributed by atoms with van der Waals surface area (Å²) in [4.78, 5) is 68.3. The Labute approximate surface area is 272 Å². The van der Waals surface area contributed by atoms with Crippen molar-refractivity contribution in [1.82, 2.24) is 25.5 Å². The number of aliphatic hydroxyl groups is 1. The molecule has 2 atom stereocenters. The second-order valence-electron chi connectivity index (χ2n) is 12.6. The number of alkyl carbamates (subject to hydrolysis) is 1. The number of aromatic nitrogens is 2. The number of rotatable bonds is 8. The van der Waals surface area contributed by atoms with Gasteiger partial charge in [-0.2, -0.15) is 0 Å². The number of fused-ring (bicyclic) bond motifs is 5. The van der Waals surface area contributed by atoms with Crippen LogP contribution >= 0.6 is 0 Å². The average Bonchev–Trinajstić information content (AvgIpc) is 3.78. The number of nitrogens with one attached hydrogen (secondary N) is 3. The first-order valence-corrected chi connectivity index (χ1v) is 15.8. The molecule has 2 aliphatic carbocycles. The van der Waals surface area contributed by atoms with Gasteiger partial charge in [-0.05, 0) is 61.8 Å². The molecule has 1 saturated carbocycles. The van der Waals surface area contributed by atoms with Crippen LogP contribution in [-0.2, 0) is 53.8 Å². The number of cyclic esters (lactones) is 1. The van der Waals surface area contributed by atoms with Gasteiger partial charge in [0.1, 0.15) is 31.3 Å². The Morgan fingerprint density at radius 3 is 2.65 bits per heavy atom. The third-order valence-electron chi connectivity index (χ3n) is 10.00. The number of esters is 1. The lowest BCUT2D eigenvalue weighted by molar-refractivity contribution is -0.172. The molecule has 0 saturated heterocycles. The fourth-order valence-corrected chi connectivity index (χ4v) is 7.08. The molecule has 252 valence electrons. The van der Waals surface area contributed by atoms with Gasteiger partial charge in [0.05, 0.1) is 42.2 Å². The molecule has 1 fully saturated rings. The third kappa shape index (κ3) is 4.82. The fourth-order valence-electron chi connectivity index (χ4n) is 7.08. The maximum Gasteiger partial charge on any atom is 0.407 e. The number of nitrogens with zero attached hydrogens (tertiary/aromatic N) is 2. The Balaban J connectivity index is 1.23. The van der Waals surface area contributed by atoms with E-state index in [0.29, 0.717) is 53.7 Å². The third-order valence-corrected chi connectivity index (χ3v) is 10.00. The molecule has 2 aliphatic heterocycles. The van der Waals surface area contributed by atoms with E-state index in [1.807, 2.05) is 0 Å². The van der Waals surface area contributed by atoms with Crippen LogP contribution in [0.25, 0.3) is 22.3 Å². The summed E-state index contributed by atoms with van der Waals surface area (Å²) < 4.78 is 32.2. The van der Waals surface area contributed by atoms with E-state index < -0.39 is 46.6 Å². The molecule has 4 heterocycles. The zero-order chi connectivity index (χ0) is 34.1. The van der Waals surface area contributed by atoms with E-state index in [4.69, 9.17) is 14.5 Å². The molecule has 15 heteroatoms. The van der Waals surface area contributed by atoms with Gasteiger partial charge in [0, 0.05) is 22.6 Å². The molecule has 4 aliphatic rings. The van der Waals surface area contributed by atoms with Crippen molar-refractivity contribution in [2.24, 2.45) is 0 Å². The first-order valence-electron chi connectivity index (χ1n) is 15.8. The molecule has 0 unspecified atom stereocenters. The highest BCUT2D eigenvalue weighted by molar-refractivity contribution is 5.95. The average molecular weight is 664 g/mol. The van der Waals surface area contributed by atoms with Gasteiger partial charge in [0.15, 0.2) is 5.60 Å². The number of amides is 3. The largest absolute Gasteiger partial charge is 0.458 e. The molecule has 2 aromatic heterocycles. The van der Waals surface area contributed by atoms with Crippen LogP contribution in [0.2, 0.25) is 0 Å². The summed E-state index contributed by atoms with van der Waals surface area (Å²) in [6, 6.07) is 2.41. The number of aryl methyl sites for hydroxylation is 1. The number of ether oxygens (including phenoxy) is 3. The van der Waals surface area contributed by atoms with Gasteiger partial charge < -0.3 is 39.8 Å². The Bertz CT molecular complexity index is 2010. The number of hydrogen-bond donors (Lipinski definition) is 4. The minimum absolute atomic E-state index is 0.00911. The molecular weight excluding hydrogens is 629 g/mol. The quantitative estimate of drug-likeness (QED) is 0.159. The van der Waals surface area contributed by atoms with E-state index in [0.717, 1.165) is 16.5 Å². The van der Waals surface area contributed by atoms with Crippen LogP contribution in [0.1, 0.15) is 72.0 Å². The predicted octanol–water partition coefficient (Wildman–Crippen LogP) is 1.61. The van der Waals surface area contributed by atoms with Crippen LogP contribution in [-0.4, -0.2) is 64.5 Å². The minimum atomic E-state index is -2.00. The molecule has 3 aromatic rings. The summed E-state index contributed by atoms with van der Waals surface area (Å²) in [5.41, 5.74) is 0.598. The molecule has 1 aromatic carbocycles. The minimum Gasteiger partial charge on any atom is -0.458 e. The number of pyridine rings is 2. The second kappa shape index (κ2) is 11.4. The van der Waals surface area contributed by atoms with Crippen molar-refractivity contribution in [3.63, 3.8) is 0 Å². The first-order chi connectivity index (χ1) is 22.9. The van der Waals surface area contributed by atoms with Crippen LogP contribution in [0, 0.1) is 12.7 Å². The zero-order valence-electron chi connectivity index (χ0n) is 26.6. The van der Waals surface area contributed by atoms with Crippen molar-refractivity contribution in [3.05, 3.63) is 61.7 Å². The summed E-state index contributed by atoms with van der Waals surface area (Å²) in [6.45, 7) is 2.59. The topological polar surface area (TPSA) is 187 Å². The van der Waals surface area contributed by atoms with E-state index in [2.05, 4.69) is 20.7 Å². The summed E-state index contributed by atoms with van der Waals surface area (Å²) in [5, 5.41) is 19.9. The molecular formula is C33H34FN5O9. The van der Waals surface area contributed by atoms with Gasteiger partial charge in [-0.1, -0.05) is 6.92 Å². The fraction of sp³-hybridized carbons (Fsp3) is 0.455. The summed E-state index contributed by atoms with van der Waals surface area (Å²) >= 11 is 0. The van der Waals surface area contributed by atoms with E-state index in [1.54, 1.807) is 19.9 Å². The number of carbonyl (C=O) groups excluding carboxylic acids is 4. The first kappa shape index (κ1) is 31.7. The van der Waals surface area contributed by atoms with Gasteiger partial charge in [-0.15, -0.1) is 0 Å². The summed E-state index contributed by atoms with van der Waals surface area (Å²) in [5.74, 6) is -2.15. The number of hydrogen-bond acceptors (Lipinski definition) is 10. The lowest BCUT2D eigenvalue weighted by Gasteiger charge is -2.31. The SMILES string of the molecule is CC[C@@]1(O)C(=O)OCc2c1cc1n(c2=O)Cc2c-1nc1cc(F)c(C)c3c1c2[C@@H](NC(=O)C1(OCNC(=O)CNC(=O)OC)CC1)CC3. The monoisotopic (exact) mass is 663 g/mol. The highest BCUT2D eigenvalue weighted by atomic mass is 19.1. The Kier molecular flexibility index (Phi) is 7.51. The Morgan fingerprint density at radius 1 is 1.17 bits per heavy atom. The van der Waals surface area contributed by atoms with E-state index in [1.165, 1.54) is 17.7 Å².